The Balaban J connectivity index is 2.25. The molecule has 0 radical (unpaired) electrons. The number of nitrogens with one attached hydrogen (secondary N) is 1. The lowest BCUT2D eigenvalue weighted by Gasteiger charge is -2.23. The molecule has 0 unspecified atom stereocenters. The van der Waals surface area contributed by atoms with Crippen LogP contribution in [0.2, 0.25) is 0 Å². The van der Waals surface area contributed by atoms with Crippen LogP contribution in [0.1, 0.15) is 31.1 Å². The minimum absolute atomic E-state index is 0.00760. The van der Waals surface area contributed by atoms with Crippen molar-refractivity contribution in [3.05, 3.63) is 29.3 Å². The summed E-state index contributed by atoms with van der Waals surface area (Å²) in [7, 11) is 0. The van der Waals surface area contributed by atoms with Gasteiger partial charge in [0, 0.05) is 24.7 Å². The minimum Gasteiger partial charge on any atom is -0.310 e. The maximum Gasteiger partial charge on any atom is 0.299 e. The fourth-order valence-electron chi connectivity index (χ4n) is 2.10. The molecule has 2 rings (SSSR count). The van der Waals surface area contributed by atoms with E-state index in [1.165, 1.54) is 0 Å². The number of carbonyl (C=O) groups excluding carboxylic acids is 2. The molecule has 1 aliphatic heterocycles. The molecule has 1 aromatic carbocycles. The van der Waals surface area contributed by atoms with Gasteiger partial charge in [-0.05, 0) is 26.8 Å². The number of Topliss-reactive ketones (excluding diaryl/α,β-unsaturated/α-hetero) is 1. The molecule has 4 nitrogen and oxygen atoms in total. The third kappa shape index (κ3) is 2.70. The number of rotatable bonds is 3. The first-order valence-corrected chi connectivity index (χ1v) is 6.31. The average Bonchev–Trinajstić information content (AvgIpc) is 2.52. The lowest BCUT2D eigenvalue weighted by molar-refractivity contribution is -0.114. The van der Waals surface area contributed by atoms with Crippen LogP contribution >= 0.6 is 0 Å². The smallest absolute Gasteiger partial charge is 0.299 e. The average molecular weight is 282 g/mol. The molecule has 0 fully saturated rings. The number of nitrogens with zero attached hydrogens (tertiary/aromatic N) is 1. The van der Waals surface area contributed by atoms with E-state index >= 15 is 0 Å². The summed E-state index contributed by atoms with van der Waals surface area (Å²) in [6.45, 7) is 6.46. The topological polar surface area (TPSA) is 49.4 Å². The molecular weight excluding hydrogens is 266 g/mol. The Labute approximate surface area is 115 Å². The Morgan fingerprint density at radius 2 is 1.85 bits per heavy atom. The summed E-state index contributed by atoms with van der Waals surface area (Å²) < 4.78 is 26.9. The van der Waals surface area contributed by atoms with Crippen molar-refractivity contribution in [2.24, 2.45) is 0 Å². The van der Waals surface area contributed by atoms with Gasteiger partial charge in [-0.15, -0.1) is 0 Å². The summed E-state index contributed by atoms with van der Waals surface area (Å²) in [6, 6.07) is 1.62. The summed E-state index contributed by atoms with van der Waals surface area (Å²) in [5.74, 6) is -3.55. The Hall–Kier alpha value is -1.82. The molecule has 0 spiro atoms. The molecule has 1 amide bonds. The molecule has 0 saturated heterocycles. The molecule has 1 N–H and O–H groups in total. The van der Waals surface area contributed by atoms with Crippen LogP contribution in [0.5, 0.6) is 0 Å². The van der Waals surface area contributed by atoms with Crippen molar-refractivity contribution in [2.75, 3.05) is 18.0 Å². The summed E-state index contributed by atoms with van der Waals surface area (Å²) in [5.41, 5.74) is -0.483. The maximum absolute atomic E-state index is 13.6. The molecule has 0 aliphatic carbocycles. The van der Waals surface area contributed by atoms with Gasteiger partial charge in [0.25, 0.3) is 11.7 Å². The highest BCUT2D eigenvalue weighted by Crippen LogP contribution is 2.31. The van der Waals surface area contributed by atoms with Crippen LogP contribution in [-0.4, -0.2) is 30.3 Å². The van der Waals surface area contributed by atoms with E-state index in [0.717, 1.165) is 11.0 Å². The molecular formula is C14H16F2N2O2. The Kier molecular flexibility index (Phi) is 3.60. The summed E-state index contributed by atoms with van der Waals surface area (Å²) in [6.07, 6.45) is 0. The molecule has 1 heterocycles. The SMILES string of the molecule is CC(C)(C)NCCN1C(=O)C(=O)c2c(F)cc(F)cc21. The van der Waals surface area contributed by atoms with Gasteiger partial charge in [-0.25, -0.2) is 8.78 Å². The zero-order chi connectivity index (χ0) is 15.1. The Morgan fingerprint density at radius 3 is 2.45 bits per heavy atom. The van der Waals surface area contributed by atoms with Crippen LogP contribution in [0.15, 0.2) is 12.1 Å². The minimum atomic E-state index is -0.996. The van der Waals surface area contributed by atoms with Gasteiger partial charge in [0.05, 0.1) is 11.3 Å². The second kappa shape index (κ2) is 4.94. The third-order valence-electron chi connectivity index (χ3n) is 2.98. The molecule has 0 saturated carbocycles. The zero-order valence-electron chi connectivity index (χ0n) is 11.6. The van der Waals surface area contributed by atoms with E-state index in [2.05, 4.69) is 5.32 Å². The quantitative estimate of drug-likeness (QED) is 0.861. The summed E-state index contributed by atoms with van der Waals surface area (Å²) in [4.78, 5) is 24.7. The molecule has 1 aromatic rings. The van der Waals surface area contributed by atoms with Crippen molar-refractivity contribution in [3.8, 4) is 0 Å². The van der Waals surface area contributed by atoms with Gasteiger partial charge >= 0.3 is 0 Å². The number of halogens is 2. The maximum atomic E-state index is 13.6. The number of anilines is 1. The highest BCUT2D eigenvalue weighted by atomic mass is 19.1. The second-order valence-corrected chi connectivity index (χ2v) is 5.74. The van der Waals surface area contributed by atoms with Gasteiger partial charge in [-0.1, -0.05) is 0 Å². The number of amides is 1. The number of fused-ring (bicyclic) bond motifs is 1. The fraction of sp³-hybridized carbons (Fsp3) is 0.429. The van der Waals surface area contributed by atoms with Gasteiger partial charge < -0.3 is 10.2 Å². The number of carbonyl (C=O) groups is 2. The van der Waals surface area contributed by atoms with E-state index in [1.807, 2.05) is 20.8 Å². The first-order valence-electron chi connectivity index (χ1n) is 6.31. The van der Waals surface area contributed by atoms with Crippen LogP contribution < -0.4 is 10.2 Å². The molecule has 0 atom stereocenters. The highest BCUT2D eigenvalue weighted by molar-refractivity contribution is 6.52. The normalized spacial score (nSPS) is 14.9. The number of hydrogen-bond acceptors (Lipinski definition) is 3. The number of ketones is 1. The zero-order valence-corrected chi connectivity index (χ0v) is 11.6. The van der Waals surface area contributed by atoms with Gasteiger partial charge in [-0.3, -0.25) is 9.59 Å². The predicted octanol–water partition coefficient (Wildman–Crippen LogP) is 1.88. The summed E-state index contributed by atoms with van der Waals surface area (Å²) >= 11 is 0. The molecule has 6 heteroatoms. The first-order chi connectivity index (χ1) is 9.20. The lowest BCUT2D eigenvalue weighted by atomic mass is 10.1. The van der Waals surface area contributed by atoms with E-state index in [-0.39, 0.29) is 23.3 Å². The standard InChI is InChI=1S/C14H16F2N2O2/c1-14(2,3)17-4-5-18-10-7-8(15)6-9(16)11(10)12(19)13(18)20/h6-7,17H,4-5H2,1-3H3. The molecule has 0 bridgehead atoms. The van der Waals surface area contributed by atoms with E-state index in [0.29, 0.717) is 12.6 Å². The van der Waals surface area contributed by atoms with Crippen LogP contribution in [0.4, 0.5) is 14.5 Å². The molecule has 1 aliphatic rings. The Morgan fingerprint density at radius 1 is 1.20 bits per heavy atom. The second-order valence-electron chi connectivity index (χ2n) is 5.74. The van der Waals surface area contributed by atoms with Gasteiger partial charge in [0.2, 0.25) is 0 Å². The lowest BCUT2D eigenvalue weighted by Crippen LogP contribution is -2.42. The Bertz CT molecular complexity index is 579. The fourth-order valence-corrected chi connectivity index (χ4v) is 2.10. The van der Waals surface area contributed by atoms with E-state index in [9.17, 15) is 18.4 Å². The van der Waals surface area contributed by atoms with Crippen molar-refractivity contribution in [3.63, 3.8) is 0 Å². The third-order valence-corrected chi connectivity index (χ3v) is 2.98. The van der Waals surface area contributed by atoms with Crippen LogP contribution in [0, 0.1) is 11.6 Å². The van der Waals surface area contributed by atoms with Gasteiger partial charge in [0.15, 0.2) is 0 Å². The molecule has 108 valence electrons. The summed E-state index contributed by atoms with van der Waals surface area (Å²) in [5, 5.41) is 3.15. The predicted molar refractivity (Wildman–Crippen MR) is 70.8 cm³/mol. The number of hydrogen-bond donors (Lipinski definition) is 1. The van der Waals surface area contributed by atoms with Gasteiger partial charge in [-0.2, -0.15) is 0 Å². The van der Waals surface area contributed by atoms with Crippen molar-refractivity contribution in [1.82, 2.24) is 5.32 Å². The van der Waals surface area contributed by atoms with Crippen LogP contribution in [0.25, 0.3) is 0 Å². The van der Waals surface area contributed by atoms with Gasteiger partial charge in [0.1, 0.15) is 11.6 Å². The van der Waals surface area contributed by atoms with Crippen molar-refractivity contribution in [2.45, 2.75) is 26.3 Å². The number of benzene rings is 1. The van der Waals surface area contributed by atoms with Crippen LogP contribution in [-0.2, 0) is 4.79 Å². The monoisotopic (exact) mass is 282 g/mol. The van der Waals surface area contributed by atoms with Crippen molar-refractivity contribution < 1.29 is 18.4 Å². The molecule has 0 aromatic heterocycles. The molecule has 20 heavy (non-hydrogen) atoms. The van der Waals surface area contributed by atoms with E-state index in [4.69, 9.17) is 0 Å². The largest absolute Gasteiger partial charge is 0.310 e. The highest BCUT2D eigenvalue weighted by Gasteiger charge is 2.38. The van der Waals surface area contributed by atoms with Crippen LogP contribution in [0.3, 0.4) is 0 Å². The van der Waals surface area contributed by atoms with Crippen molar-refractivity contribution in [1.29, 1.82) is 0 Å². The van der Waals surface area contributed by atoms with Crippen molar-refractivity contribution >= 4 is 17.4 Å². The van der Waals surface area contributed by atoms with E-state index < -0.39 is 23.3 Å². The van der Waals surface area contributed by atoms with E-state index in [1.54, 1.807) is 0 Å². The first kappa shape index (κ1) is 14.6.